The van der Waals surface area contributed by atoms with E-state index in [9.17, 15) is 4.79 Å². The summed E-state index contributed by atoms with van der Waals surface area (Å²) in [6, 6.07) is 18.0. The molecule has 1 N–H and O–H groups in total. The maximum Gasteiger partial charge on any atom is 0.330 e. The number of benzene rings is 2. The lowest BCUT2D eigenvalue weighted by atomic mass is 10.0. The van der Waals surface area contributed by atoms with Crippen LogP contribution in [0.5, 0.6) is 5.75 Å². The van der Waals surface area contributed by atoms with Gasteiger partial charge in [0.15, 0.2) is 0 Å². The topological polar surface area (TPSA) is 47.6 Å². The van der Waals surface area contributed by atoms with Gasteiger partial charge in [0.2, 0.25) is 0 Å². The molecule has 2 aromatic carbocycles. The van der Waals surface area contributed by atoms with Gasteiger partial charge >= 0.3 is 5.97 Å². The molecule has 24 heavy (non-hydrogen) atoms. The number of carbonyl (C=O) groups excluding carboxylic acids is 1. The largest absolute Gasteiger partial charge is 0.497 e. The molecule has 0 unspecified atom stereocenters. The molecule has 0 saturated heterocycles. The van der Waals surface area contributed by atoms with Crippen molar-refractivity contribution < 1.29 is 14.3 Å². The Morgan fingerprint density at radius 3 is 2.46 bits per heavy atom. The lowest BCUT2D eigenvalue weighted by Crippen LogP contribution is -2.10. The fraction of sp³-hybridized carbons (Fsp3) is 0.250. The first-order valence-corrected chi connectivity index (χ1v) is 8.01. The van der Waals surface area contributed by atoms with Crippen molar-refractivity contribution in [3.8, 4) is 5.75 Å². The van der Waals surface area contributed by atoms with E-state index in [1.54, 1.807) is 14.0 Å². The number of hydrogen-bond acceptors (Lipinski definition) is 4. The van der Waals surface area contributed by atoms with E-state index in [0.717, 1.165) is 17.0 Å². The van der Waals surface area contributed by atoms with Crippen molar-refractivity contribution in [1.29, 1.82) is 0 Å². The maximum absolute atomic E-state index is 11.4. The first-order valence-electron chi connectivity index (χ1n) is 8.01. The molecule has 0 spiro atoms. The van der Waals surface area contributed by atoms with Crippen molar-refractivity contribution in [2.45, 2.75) is 19.4 Å². The summed E-state index contributed by atoms with van der Waals surface area (Å²) in [7, 11) is 1.65. The minimum Gasteiger partial charge on any atom is -0.497 e. The Balaban J connectivity index is 2.09. The average Bonchev–Trinajstić information content (AvgIpc) is 2.62. The summed E-state index contributed by atoms with van der Waals surface area (Å²) in [6.45, 7) is 2.18. The predicted molar refractivity (Wildman–Crippen MR) is 96.2 cm³/mol. The molecule has 4 heteroatoms. The van der Waals surface area contributed by atoms with E-state index < -0.39 is 0 Å². The van der Waals surface area contributed by atoms with Crippen LogP contribution in [0.1, 0.15) is 24.9 Å². The van der Waals surface area contributed by atoms with Crippen molar-refractivity contribution in [2.75, 3.05) is 19.0 Å². The van der Waals surface area contributed by atoms with Crippen LogP contribution in [0.4, 0.5) is 5.69 Å². The van der Waals surface area contributed by atoms with E-state index in [-0.39, 0.29) is 12.0 Å². The van der Waals surface area contributed by atoms with Gasteiger partial charge in [-0.1, -0.05) is 36.4 Å². The molecule has 0 aromatic heterocycles. The number of hydrogen-bond donors (Lipinski definition) is 1. The van der Waals surface area contributed by atoms with Crippen LogP contribution in [-0.4, -0.2) is 19.7 Å². The van der Waals surface area contributed by atoms with Crippen molar-refractivity contribution in [3.05, 3.63) is 72.3 Å². The van der Waals surface area contributed by atoms with Crippen LogP contribution in [0.15, 0.2) is 66.7 Å². The van der Waals surface area contributed by atoms with Crippen molar-refractivity contribution >= 4 is 11.7 Å². The van der Waals surface area contributed by atoms with Gasteiger partial charge in [-0.2, -0.15) is 0 Å². The van der Waals surface area contributed by atoms with E-state index in [4.69, 9.17) is 9.47 Å². The summed E-state index contributed by atoms with van der Waals surface area (Å²) >= 11 is 0. The number of carbonyl (C=O) groups is 1. The second-order valence-electron chi connectivity index (χ2n) is 5.23. The molecule has 0 aliphatic rings. The van der Waals surface area contributed by atoms with Gasteiger partial charge in [0.1, 0.15) is 5.75 Å². The zero-order valence-electron chi connectivity index (χ0n) is 14.1. The molecule has 1 atom stereocenters. The Bertz CT molecular complexity index is 650. The minimum absolute atomic E-state index is 0.0604. The van der Waals surface area contributed by atoms with Crippen molar-refractivity contribution in [2.24, 2.45) is 0 Å². The molecule has 0 aliphatic heterocycles. The molecule has 0 aliphatic carbocycles. The number of nitrogens with one attached hydrogen (secondary N) is 1. The number of anilines is 1. The Hall–Kier alpha value is -2.75. The van der Waals surface area contributed by atoms with Gasteiger partial charge in [0.05, 0.1) is 19.8 Å². The van der Waals surface area contributed by atoms with Gasteiger partial charge in [-0.3, -0.25) is 0 Å². The van der Waals surface area contributed by atoms with Gasteiger partial charge in [0, 0.05) is 11.8 Å². The second-order valence-corrected chi connectivity index (χ2v) is 5.23. The smallest absolute Gasteiger partial charge is 0.330 e. The fourth-order valence-electron chi connectivity index (χ4n) is 2.34. The normalized spacial score (nSPS) is 11.9. The Morgan fingerprint density at radius 2 is 1.83 bits per heavy atom. The number of esters is 1. The van der Waals surface area contributed by atoms with E-state index in [2.05, 4.69) is 17.4 Å². The molecule has 0 bridgehead atoms. The Morgan fingerprint density at radius 1 is 1.12 bits per heavy atom. The van der Waals surface area contributed by atoms with E-state index in [1.165, 1.54) is 6.08 Å². The molecule has 0 radical (unpaired) electrons. The zero-order valence-corrected chi connectivity index (χ0v) is 14.1. The highest BCUT2D eigenvalue weighted by Gasteiger charge is 2.10. The Labute approximate surface area is 143 Å². The van der Waals surface area contributed by atoms with Crippen LogP contribution in [0.3, 0.4) is 0 Å². The third kappa shape index (κ3) is 5.47. The van der Waals surface area contributed by atoms with E-state index in [1.807, 2.05) is 48.5 Å². The first-order chi connectivity index (χ1) is 11.7. The lowest BCUT2D eigenvalue weighted by Gasteiger charge is -2.19. The highest BCUT2D eigenvalue weighted by molar-refractivity contribution is 5.81. The van der Waals surface area contributed by atoms with Crippen LogP contribution < -0.4 is 10.1 Å². The predicted octanol–water partition coefficient (Wildman–Crippen LogP) is 4.36. The van der Waals surface area contributed by atoms with Gasteiger partial charge in [-0.15, -0.1) is 0 Å². The minimum atomic E-state index is -0.311. The zero-order chi connectivity index (χ0) is 17.2. The van der Waals surface area contributed by atoms with Crippen LogP contribution in [0.2, 0.25) is 0 Å². The Kier molecular flexibility index (Phi) is 6.90. The molecule has 4 nitrogen and oxygen atoms in total. The summed E-state index contributed by atoms with van der Waals surface area (Å²) < 4.78 is 10.1. The third-order valence-electron chi connectivity index (χ3n) is 3.55. The second kappa shape index (κ2) is 9.40. The summed E-state index contributed by atoms with van der Waals surface area (Å²) in [6.07, 6.45) is 4.00. The number of ether oxygens (including phenoxy) is 2. The molecule has 0 heterocycles. The highest BCUT2D eigenvalue weighted by atomic mass is 16.5. The number of methoxy groups -OCH3 is 1. The van der Waals surface area contributed by atoms with Gasteiger partial charge in [0.25, 0.3) is 0 Å². The molecule has 2 rings (SSSR count). The monoisotopic (exact) mass is 325 g/mol. The average molecular weight is 325 g/mol. The summed E-state index contributed by atoms with van der Waals surface area (Å²) in [4.78, 5) is 11.4. The van der Waals surface area contributed by atoms with Crippen LogP contribution in [-0.2, 0) is 9.53 Å². The van der Waals surface area contributed by atoms with Crippen molar-refractivity contribution in [3.63, 3.8) is 0 Å². The van der Waals surface area contributed by atoms with Crippen LogP contribution in [0.25, 0.3) is 0 Å². The SMILES string of the molecule is CCOC(=O)/C=C/C[C@H](Nc1ccc(OC)cc1)c1ccccc1. The number of rotatable bonds is 8. The van der Waals surface area contributed by atoms with Crippen LogP contribution >= 0.6 is 0 Å². The summed E-state index contributed by atoms with van der Waals surface area (Å²) in [5, 5.41) is 3.49. The third-order valence-corrected chi connectivity index (χ3v) is 3.55. The molecule has 126 valence electrons. The molecule has 0 saturated carbocycles. The quantitative estimate of drug-likeness (QED) is 0.579. The molecule has 0 fully saturated rings. The summed E-state index contributed by atoms with van der Waals surface area (Å²) in [5.41, 5.74) is 2.15. The van der Waals surface area contributed by atoms with Gasteiger partial charge in [-0.05, 0) is 43.2 Å². The van der Waals surface area contributed by atoms with Gasteiger partial charge in [-0.25, -0.2) is 4.79 Å². The summed E-state index contributed by atoms with van der Waals surface area (Å²) in [5.74, 6) is 0.507. The highest BCUT2D eigenvalue weighted by Crippen LogP contribution is 2.24. The first kappa shape index (κ1) is 17.6. The lowest BCUT2D eigenvalue weighted by molar-refractivity contribution is -0.137. The van der Waals surface area contributed by atoms with Crippen LogP contribution in [0, 0.1) is 0 Å². The molecule has 2 aromatic rings. The van der Waals surface area contributed by atoms with Gasteiger partial charge < -0.3 is 14.8 Å². The van der Waals surface area contributed by atoms with E-state index >= 15 is 0 Å². The maximum atomic E-state index is 11.4. The molecule has 0 amide bonds. The van der Waals surface area contributed by atoms with E-state index in [0.29, 0.717) is 13.0 Å². The standard InChI is InChI=1S/C20H23NO3/c1-3-24-20(22)11-7-10-19(16-8-5-4-6-9-16)21-17-12-14-18(23-2)15-13-17/h4-9,11-15,19,21H,3,10H2,1-2H3/b11-7+/t19-/m0/s1. The fourth-order valence-corrected chi connectivity index (χ4v) is 2.34. The molecular formula is C20H23NO3. The van der Waals surface area contributed by atoms with Crippen molar-refractivity contribution in [1.82, 2.24) is 0 Å². The molecular weight excluding hydrogens is 302 g/mol.